The standard InChI is InChI=1S/C49H43N5O/c1-31-14-10-11-19-39(31)48-52-46(51-47(53(48)3)36-24-22-34(23-25-36)33-15-6-4-7-16-33)35-26-28-38(29-27-35)54-42-21-13-12-20-40(42)43-44(54)32(2)30-41-45(43)55-49(50-41)37-17-8-5-9-18-37/h4-13,15-29,31-32,48-50H,14,30H2,1-3H3/p+1. The first-order valence-electron chi connectivity index (χ1n) is 19.4. The Morgan fingerprint density at radius 2 is 1.40 bits per heavy atom. The summed E-state index contributed by atoms with van der Waals surface area (Å²) < 4.78 is 11.5. The van der Waals surface area contributed by atoms with Crippen LogP contribution in [-0.4, -0.2) is 34.0 Å². The van der Waals surface area contributed by atoms with Gasteiger partial charge in [0.25, 0.3) is 5.84 Å². The summed E-state index contributed by atoms with van der Waals surface area (Å²) in [4.78, 5) is 5.41. The van der Waals surface area contributed by atoms with Crippen LogP contribution in [0.15, 0.2) is 168 Å². The van der Waals surface area contributed by atoms with Crippen molar-refractivity contribution in [2.75, 3.05) is 7.05 Å². The molecule has 4 atom stereocenters. The third kappa shape index (κ3) is 5.72. The summed E-state index contributed by atoms with van der Waals surface area (Å²) in [5, 5.41) is 8.69. The number of nitrogens with zero attached hydrogens (tertiary/aromatic N) is 3. The van der Waals surface area contributed by atoms with E-state index in [9.17, 15) is 0 Å². The van der Waals surface area contributed by atoms with E-state index in [1.807, 2.05) is 6.07 Å². The molecule has 1 aromatic heterocycles. The van der Waals surface area contributed by atoms with Gasteiger partial charge in [-0.15, -0.1) is 0 Å². The number of rotatable bonds is 6. The lowest BCUT2D eigenvalue weighted by Crippen LogP contribution is -2.47. The highest BCUT2D eigenvalue weighted by molar-refractivity contribution is 6.14. The zero-order chi connectivity index (χ0) is 37.0. The fourth-order valence-corrected chi connectivity index (χ4v) is 8.84. The van der Waals surface area contributed by atoms with Crippen molar-refractivity contribution in [3.05, 3.63) is 191 Å². The second-order valence-electron chi connectivity index (χ2n) is 15.2. The number of aromatic nitrogens is 1. The number of ether oxygens (including phenoxy) is 1. The molecule has 0 fully saturated rings. The molecule has 0 spiro atoms. The number of nitrogens with one attached hydrogen (secondary N) is 2. The lowest BCUT2D eigenvalue weighted by Gasteiger charge is -2.27. The Labute approximate surface area is 322 Å². The van der Waals surface area contributed by atoms with Gasteiger partial charge in [0.2, 0.25) is 12.0 Å². The van der Waals surface area contributed by atoms with E-state index >= 15 is 0 Å². The molecular weight excluding hydrogens is 675 g/mol. The summed E-state index contributed by atoms with van der Waals surface area (Å²) in [5.74, 6) is 3.59. The van der Waals surface area contributed by atoms with Gasteiger partial charge in [0.05, 0.1) is 23.8 Å². The van der Waals surface area contributed by atoms with Crippen LogP contribution in [0.1, 0.15) is 66.8 Å². The van der Waals surface area contributed by atoms with Crippen LogP contribution >= 0.6 is 0 Å². The van der Waals surface area contributed by atoms with Crippen LogP contribution < -0.4 is 10.6 Å². The van der Waals surface area contributed by atoms with Gasteiger partial charge in [0.15, 0.2) is 12.0 Å². The zero-order valence-electron chi connectivity index (χ0n) is 31.4. The molecule has 6 nitrogen and oxygen atoms in total. The van der Waals surface area contributed by atoms with Crippen LogP contribution in [0.4, 0.5) is 0 Å². The molecular formula is C49H44N5O+. The van der Waals surface area contributed by atoms with Gasteiger partial charge in [-0.05, 0) is 72.4 Å². The lowest BCUT2D eigenvalue weighted by atomic mass is 9.89. The van der Waals surface area contributed by atoms with E-state index in [2.05, 4.69) is 186 Å². The maximum atomic E-state index is 6.75. The van der Waals surface area contributed by atoms with E-state index in [-0.39, 0.29) is 18.3 Å². The topological polar surface area (TPSA) is 53.6 Å². The molecule has 0 bridgehead atoms. The molecule has 0 saturated heterocycles. The first-order chi connectivity index (χ1) is 27.0. The molecule has 270 valence electrons. The molecule has 6 heteroatoms. The number of fused-ring (bicyclic) bond motifs is 4. The van der Waals surface area contributed by atoms with Crippen molar-refractivity contribution in [2.45, 2.75) is 45.0 Å². The van der Waals surface area contributed by atoms with Crippen molar-refractivity contribution in [3.8, 4) is 16.8 Å². The third-order valence-electron chi connectivity index (χ3n) is 11.7. The molecule has 0 amide bonds. The van der Waals surface area contributed by atoms with Gasteiger partial charge >= 0.3 is 0 Å². The van der Waals surface area contributed by atoms with E-state index in [1.165, 1.54) is 44.6 Å². The Balaban J connectivity index is 1.02. The molecule has 0 radical (unpaired) electrons. The van der Waals surface area contributed by atoms with E-state index in [0.717, 1.165) is 52.6 Å². The van der Waals surface area contributed by atoms with E-state index in [4.69, 9.17) is 9.73 Å². The normalized spacial score (nSPS) is 21.7. The van der Waals surface area contributed by atoms with E-state index in [1.54, 1.807) is 0 Å². The fraction of sp³-hybridized carbons (Fsp3) is 0.184. The summed E-state index contributed by atoms with van der Waals surface area (Å²) in [6.07, 6.45) is 8.29. The van der Waals surface area contributed by atoms with Crippen LogP contribution in [0.5, 0.6) is 0 Å². The summed E-state index contributed by atoms with van der Waals surface area (Å²) >= 11 is 0. The summed E-state index contributed by atoms with van der Waals surface area (Å²) in [7, 11) is 2.15. The molecule has 4 aliphatic rings. The largest absolute Gasteiger partial charge is 0.464 e. The lowest BCUT2D eigenvalue weighted by molar-refractivity contribution is -0.530. The molecule has 2 N–H and O–H groups in total. The summed E-state index contributed by atoms with van der Waals surface area (Å²) in [5.41, 5.74) is 13.0. The number of hydrogen-bond donors (Lipinski definition) is 2. The number of allylic oxidation sites excluding steroid dienone is 4. The fourth-order valence-electron chi connectivity index (χ4n) is 8.84. The second-order valence-corrected chi connectivity index (χ2v) is 15.2. The Morgan fingerprint density at radius 1 is 0.727 bits per heavy atom. The molecule has 0 saturated carbocycles. The molecule has 2 aliphatic heterocycles. The van der Waals surface area contributed by atoms with Gasteiger partial charge in [0, 0.05) is 44.9 Å². The number of likely N-dealkylation sites (N-methyl/N-ethyl adjacent to an activating group) is 1. The van der Waals surface area contributed by atoms with Crippen molar-refractivity contribution >= 4 is 28.3 Å². The molecule has 4 unspecified atom stereocenters. The third-order valence-corrected chi connectivity index (χ3v) is 11.7. The van der Waals surface area contributed by atoms with Crippen molar-refractivity contribution in [3.63, 3.8) is 0 Å². The molecule has 3 heterocycles. The Morgan fingerprint density at radius 3 is 2.16 bits per heavy atom. The maximum Gasteiger partial charge on any atom is 0.285 e. The smallest absolute Gasteiger partial charge is 0.285 e. The van der Waals surface area contributed by atoms with Crippen LogP contribution in [0.25, 0.3) is 33.5 Å². The van der Waals surface area contributed by atoms with Crippen LogP contribution in [0, 0.1) is 5.92 Å². The predicted octanol–water partition coefficient (Wildman–Crippen LogP) is 10.1. The van der Waals surface area contributed by atoms with E-state index in [0.29, 0.717) is 5.92 Å². The average molecular weight is 719 g/mol. The van der Waals surface area contributed by atoms with Crippen molar-refractivity contribution in [1.82, 2.24) is 15.2 Å². The summed E-state index contributed by atoms with van der Waals surface area (Å²) in [6, 6.07) is 47.5. The first-order valence-corrected chi connectivity index (χ1v) is 19.4. The molecule has 6 aromatic rings. The first kappa shape index (κ1) is 33.2. The number of aliphatic imine (C=N–C) groups is 1. The predicted molar refractivity (Wildman–Crippen MR) is 223 cm³/mol. The molecule has 5 aromatic carbocycles. The van der Waals surface area contributed by atoms with Gasteiger partial charge in [-0.2, -0.15) is 4.99 Å². The van der Waals surface area contributed by atoms with Gasteiger partial charge in [-0.1, -0.05) is 123 Å². The van der Waals surface area contributed by atoms with Crippen LogP contribution in [0.3, 0.4) is 0 Å². The minimum Gasteiger partial charge on any atom is -0.464 e. The van der Waals surface area contributed by atoms with E-state index < -0.39 is 0 Å². The highest BCUT2D eigenvalue weighted by atomic mass is 16.5. The zero-order valence-corrected chi connectivity index (χ0v) is 31.4. The number of benzene rings is 5. The molecule has 10 rings (SSSR count). The van der Waals surface area contributed by atoms with Gasteiger partial charge < -0.3 is 14.6 Å². The Hall–Kier alpha value is -6.40. The number of amidine groups is 2. The van der Waals surface area contributed by atoms with Gasteiger partial charge in [-0.3, -0.25) is 0 Å². The van der Waals surface area contributed by atoms with Crippen LogP contribution in [0.2, 0.25) is 0 Å². The monoisotopic (exact) mass is 718 g/mol. The SMILES string of the molecule is CC1CC=CC=C1C1N=C(c2ccc(-n3c4c(c5ccccc53)C3=C(CC4C)NC(c4ccccc4)O3)cc2)NC(c2ccc(-c3ccccc3)cc2)=[N+]1C. The summed E-state index contributed by atoms with van der Waals surface area (Å²) in [6.45, 7) is 4.64. The number of hydrogen-bond acceptors (Lipinski definition) is 4. The van der Waals surface area contributed by atoms with Crippen LogP contribution in [-0.2, 0) is 4.74 Å². The van der Waals surface area contributed by atoms with Gasteiger partial charge in [-0.25, -0.2) is 9.89 Å². The molecule has 2 aliphatic carbocycles. The average Bonchev–Trinajstić information content (AvgIpc) is 3.82. The van der Waals surface area contributed by atoms with Crippen molar-refractivity contribution in [1.29, 1.82) is 0 Å². The Kier molecular flexibility index (Phi) is 8.13. The minimum absolute atomic E-state index is 0.122. The highest BCUT2D eigenvalue weighted by Gasteiger charge is 2.38. The maximum absolute atomic E-state index is 6.75. The van der Waals surface area contributed by atoms with Gasteiger partial charge in [0.1, 0.15) is 0 Å². The second kappa shape index (κ2) is 13.5. The van der Waals surface area contributed by atoms with Crippen molar-refractivity contribution < 1.29 is 9.31 Å². The number of para-hydroxylation sites is 1. The quantitative estimate of drug-likeness (QED) is 0.169. The highest BCUT2D eigenvalue weighted by Crippen LogP contribution is 2.49. The Bertz CT molecular complexity index is 2590. The minimum atomic E-state index is -0.190. The van der Waals surface area contributed by atoms with Crippen molar-refractivity contribution in [2.24, 2.45) is 10.9 Å². The molecule has 55 heavy (non-hydrogen) atoms.